The highest BCUT2D eigenvalue weighted by molar-refractivity contribution is 9.12. The van der Waals surface area contributed by atoms with Crippen molar-refractivity contribution in [1.29, 1.82) is 0 Å². The van der Waals surface area contributed by atoms with Gasteiger partial charge in [0.2, 0.25) is 0 Å². The minimum absolute atomic E-state index is 0.0262. The van der Waals surface area contributed by atoms with E-state index in [1.54, 1.807) is 0 Å². The number of non-ortho nitro benzene ring substituents is 1. The smallest absolute Gasteiger partial charge is 0.272 e. The van der Waals surface area contributed by atoms with Gasteiger partial charge in [-0.15, -0.1) is 0 Å². The van der Waals surface area contributed by atoms with Gasteiger partial charge in [-0.25, -0.2) is 5.01 Å². The number of hydrogen-bond acceptors (Lipinski definition) is 5. The number of imide groups is 1. The van der Waals surface area contributed by atoms with Crippen LogP contribution in [-0.2, 0) is 16.1 Å². The summed E-state index contributed by atoms with van der Waals surface area (Å²) in [6.07, 6.45) is 0.793. The molecule has 1 heterocycles. The SMILES string of the molecule is O=C(c1ccc([N+](=O)[O-])cc1)N(Cc1ccccc1)N1C(=O)[C@@H]2[C@H]3C[C@@H]([C@H](Br)[C@H]3Br)[C@H]2C1=O. The van der Waals surface area contributed by atoms with Crippen LogP contribution in [0.25, 0.3) is 0 Å². The Morgan fingerprint density at radius 3 is 2.03 bits per heavy atom. The Morgan fingerprint density at radius 2 is 1.52 bits per heavy atom. The number of amides is 3. The van der Waals surface area contributed by atoms with Crippen LogP contribution in [-0.4, -0.2) is 42.3 Å². The van der Waals surface area contributed by atoms with Crippen LogP contribution in [0.2, 0.25) is 0 Å². The van der Waals surface area contributed by atoms with Gasteiger partial charge in [0.25, 0.3) is 23.4 Å². The maximum Gasteiger partial charge on any atom is 0.273 e. The average molecular weight is 577 g/mol. The van der Waals surface area contributed by atoms with Crippen LogP contribution in [0.15, 0.2) is 54.6 Å². The van der Waals surface area contributed by atoms with E-state index in [0.717, 1.165) is 17.0 Å². The number of fused-ring (bicyclic) bond motifs is 5. The Bertz CT molecular complexity index is 1110. The quantitative estimate of drug-likeness (QED) is 0.232. The number of nitro benzene ring substituents is 1. The lowest BCUT2D eigenvalue weighted by Crippen LogP contribution is -2.50. The molecule has 2 aromatic carbocycles. The van der Waals surface area contributed by atoms with Gasteiger partial charge in [-0.3, -0.25) is 24.5 Å². The Hall–Kier alpha value is -2.59. The fourth-order valence-corrected chi connectivity index (χ4v) is 7.31. The molecule has 0 unspecified atom stereocenters. The van der Waals surface area contributed by atoms with Crippen LogP contribution < -0.4 is 0 Å². The first-order valence-electron chi connectivity index (χ1n) is 10.6. The molecule has 2 aliphatic carbocycles. The molecule has 6 atom stereocenters. The van der Waals surface area contributed by atoms with Crippen molar-refractivity contribution in [3.05, 3.63) is 75.8 Å². The van der Waals surface area contributed by atoms with Gasteiger partial charge in [-0.05, 0) is 36.0 Å². The van der Waals surface area contributed by atoms with Crippen LogP contribution in [0, 0.1) is 33.8 Å². The third kappa shape index (κ3) is 3.50. The van der Waals surface area contributed by atoms with Gasteiger partial charge < -0.3 is 0 Å². The van der Waals surface area contributed by atoms with Crippen molar-refractivity contribution < 1.29 is 19.3 Å². The summed E-state index contributed by atoms with van der Waals surface area (Å²) in [5.41, 5.74) is 0.770. The van der Waals surface area contributed by atoms with E-state index in [9.17, 15) is 24.5 Å². The predicted molar refractivity (Wildman–Crippen MR) is 125 cm³/mol. The van der Waals surface area contributed by atoms with Crippen molar-refractivity contribution in [2.45, 2.75) is 22.6 Å². The maximum atomic E-state index is 13.5. The summed E-state index contributed by atoms with van der Waals surface area (Å²) in [5.74, 6) is -2.13. The van der Waals surface area contributed by atoms with E-state index < -0.39 is 22.7 Å². The molecule has 10 heteroatoms. The van der Waals surface area contributed by atoms with Crippen LogP contribution in [0.4, 0.5) is 5.69 Å². The molecular weight excluding hydrogens is 558 g/mol. The van der Waals surface area contributed by atoms with Gasteiger partial charge in [0, 0.05) is 27.4 Å². The first kappa shape index (κ1) is 22.2. The standard InChI is InChI=1S/C23H19Br2N3O5/c24-19-15-10-16(20(19)25)18-17(15)22(30)27(23(18)31)26(11-12-4-2-1-3-5-12)21(29)13-6-8-14(9-7-13)28(32)33/h1-9,15-20H,10-11H2/t15-,16-,17-,18-,19+,20+/m1/s1. The van der Waals surface area contributed by atoms with Crippen molar-refractivity contribution in [2.75, 3.05) is 0 Å². The molecule has 33 heavy (non-hydrogen) atoms. The lowest BCUT2D eigenvalue weighted by atomic mass is 9.81. The van der Waals surface area contributed by atoms with E-state index in [1.807, 2.05) is 30.3 Å². The largest absolute Gasteiger partial charge is 0.273 e. The Kier molecular flexibility index (Phi) is 5.60. The van der Waals surface area contributed by atoms with Gasteiger partial charge in [-0.2, -0.15) is 5.01 Å². The number of hydrazine groups is 1. The molecule has 3 aliphatic rings. The molecule has 0 aromatic heterocycles. The maximum absolute atomic E-state index is 13.5. The fourth-order valence-electron chi connectivity index (χ4n) is 5.44. The molecule has 8 nitrogen and oxygen atoms in total. The highest BCUT2D eigenvalue weighted by atomic mass is 79.9. The van der Waals surface area contributed by atoms with Crippen molar-refractivity contribution in [3.8, 4) is 0 Å². The monoisotopic (exact) mass is 575 g/mol. The third-order valence-electron chi connectivity index (χ3n) is 6.94. The van der Waals surface area contributed by atoms with Crippen LogP contribution >= 0.6 is 31.9 Å². The predicted octanol–water partition coefficient (Wildman–Crippen LogP) is 3.93. The topological polar surface area (TPSA) is 101 Å². The molecule has 1 aliphatic heterocycles. The van der Waals surface area contributed by atoms with E-state index >= 15 is 0 Å². The minimum atomic E-state index is -0.562. The number of carbonyl (C=O) groups excluding carboxylic acids is 3. The van der Waals surface area contributed by atoms with E-state index in [-0.39, 0.29) is 51.1 Å². The molecule has 170 valence electrons. The van der Waals surface area contributed by atoms with Gasteiger partial charge in [0.1, 0.15) is 0 Å². The number of carbonyl (C=O) groups is 3. The summed E-state index contributed by atoms with van der Waals surface area (Å²) >= 11 is 7.35. The molecule has 2 bridgehead atoms. The van der Waals surface area contributed by atoms with Crippen molar-refractivity contribution in [3.63, 3.8) is 0 Å². The first-order chi connectivity index (χ1) is 15.8. The molecule has 5 rings (SSSR count). The summed E-state index contributed by atoms with van der Waals surface area (Å²) in [5, 5.41) is 13.2. The Morgan fingerprint density at radius 1 is 0.970 bits per heavy atom. The minimum Gasteiger partial charge on any atom is -0.272 e. The highest BCUT2D eigenvalue weighted by Gasteiger charge is 2.67. The van der Waals surface area contributed by atoms with E-state index in [1.165, 1.54) is 29.3 Å². The lowest BCUT2D eigenvalue weighted by Gasteiger charge is -2.31. The summed E-state index contributed by atoms with van der Waals surface area (Å²) < 4.78 is 0. The zero-order valence-corrected chi connectivity index (χ0v) is 20.4. The van der Waals surface area contributed by atoms with Crippen molar-refractivity contribution >= 4 is 55.3 Å². The first-order valence-corrected chi connectivity index (χ1v) is 12.4. The molecule has 3 fully saturated rings. The second-order valence-corrected chi connectivity index (χ2v) is 10.8. The van der Waals surface area contributed by atoms with Gasteiger partial charge in [-0.1, -0.05) is 62.2 Å². The third-order valence-corrected chi connectivity index (χ3v) is 10.1. The van der Waals surface area contributed by atoms with Crippen LogP contribution in [0.5, 0.6) is 0 Å². The second kappa shape index (κ2) is 8.32. The number of hydrogen-bond donors (Lipinski definition) is 0. The zero-order chi connectivity index (χ0) is 23.4. The van der Waals surface area contributed by atoms with Crippen LogP contribution in [0.1, 0.15) is 22.3 Å². The normalized spacial score (nSPS) is 29.9. The number of rotatable bonds is 5. The summed E-state index contributed by atoms with van der Waals surface area (Å²) in [6, 6.07) is 14.3. The van der Waals surface area contributed by atoms with E-state index in [4.69, 9.17) is 0 Å². The summed E-state index contributed by atoms with van der Waals surface area (Å²) in [6.45, 7) is 0.0262. The van der Waals surface area contributed by atoms with Gasteiger partial charge in [0.15, 0.2) is 0 Å². The van der Waals surface area contributed by atoms with E-state index in [0.29, 0.717) is 0 Å². The Labute approximate surface area is 206 Å². The number of nitrogens with zero attached hydrogens (tertiary/aromatic N) is 3. The molecule has 0 radical (unpaired) electrons. The molecule has 3 amide bonds. The average Bonchev–Trinajstić information content (AvgIpc) is 3.43. The molecule has 2 aromatic rings. The van der Waals surface area contributed by atoms with Crippen LogP contribution in [0.3, 0.4) is 0 Å². The number of halogens is 2. The fraction of sp³-hybridized carbons (Fsp3) is 0.348. The zero-order valence-electron chi connectivity index (χ0n) is 17.2. The van der Waals surface area contributed by atoms with Gasteiger partial charge in [0.05, 0.1) is 23.3 Å². The Balaban J connectivity index is 1.51. The summed E-state index contributed by atoms with van der Waals surface area (Å²) in [7, 11) is 0. The highest BCUT2D eigenvalue weighted by Crippen LogP contribution is 2.60. The van der Waals surface area contributed by atoms with Gasteiger partial charge >= 0.3 is 0 Å². The molecular formula is C23H19Br2N3O5. The van der Waals surface area contributed by atoms with E-state index in [2.05, 4.69) is 31.9 Å². The van der Waals surface area contributed by atoms with Crippen molar-refractivity contribution in [2.24, 2.45) is 23.7 Å². The second-order valence-electron chi connectivity index (χ2n) is 8.64. The van der Waals surface area contributed by atoms with Crippen molar-refractivity contribution in [1.82, 2.24) is 10.0 Å². The number of nitro groups is 1. The molecule has 2 saturated carbocycles. The number of alkyl halides is 2. The summed E-state index contributed by atoms with van der Waals surface area (Å²) in [4.78, 5) is 51.2. The molecule has 0 N–H and O–H groups in total. The number of benzene rings is 2. The lowest BCUT2D eigenvalue weighted by molar-refractivity contribution is -0.384. The molecule has 1 saturated heterocycles. The molecule has 0 spiro atoms.